The van der Waals surface area contributed by atoms with Gasteiger partial charge in [-0.3, -0.25) is 14.4 Å². The molecule has 1 aromatic heterocycles. The average Bonchev–Trinajstić information content (AvgIpc) is 3.64. The lowest BCUT2D eigenvalue weighted by molar-refractivity contribution is -0.143. The van der Waals surface area contributed by atoms with Crippen molar-refractivity contribution in [1.82, 2.24) is 25.3 Å². The van der Waals surface area contributed by atoms with Crippen molar-refractivity contribution in [2.24, 2.45) is 5.92 Å². The fraction of sp³-hybridized carbons (Fsp3) is 0.370. The minimum Gasteiger partial charge on any atom is -0.350 e. The molecule has 1 saturated heterocycles. The average molecular weight is 488 g/mol. The van der Waals surface area contributed by atoms with Crippen LogP contribution in [0.3, 0.4) is 0 Å². The number of fused-ring (bicyclic) bond motifs is 1. The molecule has 0 bridgehead atoms. The first-order valence-electron chi connectivity index (χ1n) is 12.3. The SMILES string of the molecule is CC(C)C(C(=O)N1CCCC1C(=O)NCc1ccc(-c2ncon2)cc1)N1Cc2ccccc2C1=O. The Bertz CT molecular complexity index is 1260. The predicted octanol–water partition coefficient (Wildman–Crippen LogP) is 3.02. The van der Waals surface area contributed by atoms with E-state index in [9.17, 15) is 14.4 Å². The van der Waals surface area contributed by atoms with Gasteiger partial charge in [-0.15, -0.1) is 0 Å². The first-order chi connectivity index (χ1) is 17.4. The van der Waals surface area contributed by atoms with Crippen LogP contribution in [0.4, 0.5) is 0 Å². The van der Waals surface area contributed by atoms with Crippen LogP contribution in [0, 0.1) is 5.92 Å². The van der Waals surface area contributed by atoms with Gasteiger partial charge in [-0.1, -0.05) is 61.5 Å². The predicted molar refractivity (Wildman–Crippen MR) is 131 cm³/mol. The van der Waals surface area contributed by atoms with Crippen LogP contribution in [0.15, 0.2) is 59.4 Å². The first-order valence-corrected chi connectivity index (χ1v) is 12.3. The number of nitrogens with zero attached hydrogens (tertiary/aromatic N) is 4. The van der Waals surface area contributed by atoms with Gasteiger partial charge in [0.05, 0.1) is 0 Å². The van der Waals surface area contributed by atoms with Gasteiger partial charge in [0.2, 0.25) is 24.0 Å². The summed E-state index contributed by atoms with van der Waals surface area (Å²) in [5.74, 6) is -0.0419. The molecule has 186 valence electrons. The van der Waals surface area contributed by atoms with Crippen molar-refractivity contribution in [3.8, 4) is 11.4 Å². The Morgan fingerprint density at radius 2 is 1.92 bits per heavy atom. The van der Waals surface area contributed by atoms with Crippen molar-refractivity contribution < 1.29 is 18.9 Å². The molecule has 3 aromatic rings. The Balaban J connectivity index is 1.25. The summed E-state index contributed by atoms with van der Waals surface area (Å²) in [6.45, 7) is 5.16. The number of aromatic nitrogens is 2. The third-order valence-electron chi connectivity index (χ3n) is 6.95. The molecule has 3 heterocycles. The third-order valence-corrected chi connectivity index (χ3v) is 6.95. The van der Waals surface area contributed by atoms with E-state index in [0.717, 1.165) is 23.1 Å². The number of benzene rings is 2. The van der Waals surface area contributed by atoms with Crippen LogP contribution < -0.4 is 5.32 Å². The molecule has 2 unspecified atom stereocenters. The highest BCUT2D eigenvalue weighted by Crippen LogP contribution is 2.30. The highest BCUT2D eigenvalue weighted by molar-refractivity contribution is 6.01. The lowest BCUT2D eigenvalue weighted by atomic mass is 10.0. The first kappa shape index (κ1) is 23.7. The van der Waals surface area contributed by atoms with E-state index in [0.29, 0.717) is 37.4 Å². The maximum absolute atomic E-state index is 13.7. The number of nitrogens with one attached hydrogen (secondary N) is 1. The molecule has 0 spiro atoms. The maximum atomic E-state index is 13.7. The fourth-order valence-electron chi connectivity index (χ4n) is 5.13. The Hall–Kier alpha value is -4.01. The minimum atomic E-state index is -0.615. The van der Waals surface area contributed by atoms with E-state index in [-0.39, 0.29) is 23.6 Å². The molecule has 1 fully saturated rings. The normalized spacial score (nSPS) is 18.0. The van der Waals surface area contributed by atoms with E-state index in [1.165, 1.54) is 6.39 Å². The lowest BCUT2D eigenvalue weighted by Gasteiger charge is -2.35. The van der Waals surface area contributed by atoms with Crippen molar-refractivity contribution in [1.29, 1.82) is 0 Å². The molecule has 1 N–H and O–H groups in total. The molecule has 36 heavy (non-hydrogen) atoms. The van der Waals surface area contributed by atoms with E-state index in [4.69, 9.17) is 4.52 Å². The van der Waals surface area contributed by atoms with Gasteiger partial charge in [0.15, 0.2) is 0 Å². The highest BCUT2D eigenvalue weighted by atomic mass is 16.5. The quantitative estimate of drug-likeness (QED) is 0.549. The van der Waals surface area contributed by atoms with Gasteiger partial charge < -0.3 is 19.6 Å². The summed E-state index contributed by atoms with van der Waals surface area (Å²) < 4.78 is 4.78. The Morgan fingerprint density at radius 1 is 1.14 bits per heavy atom. The van der Waals surface area contributed by atoms with Gasteiger partial charge >= 0.3 is 0 Å². The number of amides is 3. The van der Waals surface area contributed by atoms with Crippen LogP contribution in [0.1, 0.15) is 48.2 Å². The van der Waals surface area contributed by atoms with Crippen molar-refractivity contribution in [3.05, 3.63) is 71.6 Å². The van der Waals surface area contributed by atoms with Crippen LogP contribution in [0.2, 0.25) is 0 Å². The Kier molecular flexibility index (Phi) is 6.54. The molecule has 2 aliphatic heterocycles. The summed E-state index contributed by atoms with van der Waals surface area (Å²) in [6, 6.07) is 13.9. The third kappa shape index (κ3) is 4.48. The second-order valence-electron chi connectivity index (χ2n) is 9.64. The van der Waals surface area contributed by atoms with E-state index in [2.05, 4.69) is 15.5 Å². The van der Waals surface area contributed by atoms with Gasteiger partial charge in [-0.2, -0.15) is 4.98 Å². The molecule has 2 aliphatic rings. The summed E-state index contributed by atoms with van der Waals surface area (Å²) >= 11 is 0. The molecule has 9 nitrogen and oxygen atoms in total. The molecule has 5 rings (SSSR count). The second kappa shape index (κ2) is 9.93. The molecule has 0 aliphatic carbocycles. The van der Waals surface area contributed by atoms with Gasteiger partial charge in [0, 0.05) is 30.8 Å². The van der Waals surface area contributed by atoms with Crippen LogP contribution in [-0.4, -0.2) is 56.3 Å². The molecule has 0 radical (unpaired) electrons. The van der Waals surface area contributed by atoms with Crippen LogP contribution in [0.25, 0.3) is 11.4 Å². The highest BCUT2D eigenvalue weighted by Gasteiger charge is 2.43. The molecule has 2 aromatic carbocycles. The zero-order valence-corrected chi connectivity index (χ0v) is 20.4. The van der Waals surface area contributed by atoms with Gasteiger partial charge in [-0.25, -0.2) is 0 Å². The molecule has 2 atom stereocenters. The largest absolute Gasteiger partial charge is 0.350 e. The summed E-state index contributed by atoms with van der Waals surface area (Å²) in [5.41, 5.74) is 3.33. The maximum Gasteiger partial charge on any atom is 0.255 e. The van der Waals surface area contributed by atoms with E-state index >= 15 is 0 Å². The van der Waals surface area contributed by atoms with E-state index in [1.54, 1.807) is 15.9 Å². The standard InChI is InChI=1S/C27H29N5O4/c1-17(2)23(32-15-20-6-3-4-7-21(20)26(32)34)27(35)31-13-5-8-22(31)25(33)28-14-18-9-11-19(12-10-18)24-29-16-36-30-24/h3-4,6-7,9-12,16-17,22-23H,5,8,13-15H2,1-2H3,(H,28,33). The topological polar surface area (TPSA) is 109 Å². The van der Waals surface area contributed by atoms with Gasteiger partial charge in [0.1, 0.15) is 12.1 Å². The van der Waals surface area contributed by atoms with E-state index in [1.807, 2.05) is 56.3 Å². The number of hydrogen-bond donors (Lipinski definition) is 1. The zero-order valence-electron chi connectivity index (χ0n) is 20.4. The van der Waals surface area contributed by atoms with Crippen molar-refractivity contribution in [2.75, 3.05) is 6.54 Å². The summed E-state index contributed by atoms with van der Waals surface area (Å²) in [7, 11) is 0. The number of rotatable bonds is 7. The number of carbonyl (C=O) groups excluding carboxylic acids is 3. The Labute approximate surface area is 209 Å². The minimum absolute atomic E-state index is 0.0854. The number of likely N-dealkylation sites (tertiary alicyclic amines) is 1. The van der Waals surface area contributed by atoms with Crippen LogP contribution >= 0.6 is 0 Å². The smallest absolute Gasteiger partial charge is 0.255 e. The molecular weight excluding hydrogens is 458 g/mol. The summed E-state index contributed by atoms with van der Waals surface area (Å²) in [6.07, 6.45) is 2.63. The van der Waals surface area contributed by atoms with Crippen molar-refractivity contribution in [3.63, 3.8) is 0 Å². The van der Waals surface area contributed by atoms with Crippen molar-refractivity contribution in [2.45, 2.75) is 51.9 Å². The summed E-state index contributed by atoms with van der Waals surface area (Å²) in [5, 5.41) is 6.80. The molecule has 3 amide bonds. The second-order valence-corrected chi connectivity index (χ2v) is 9.64. The van der Waals surface area contributed by atoms with Crippen LogP contribution in [0.5, 0.6) is 0 Å². The number of hydrogen-bond acceptors (Lipinski definition) is 6. The van der Waals surface area contributed by atoms with E-state index < -0.39 is 12.1 Å². The monoisotopic (exact) mass is 487 g/mol. The van der Waals surface area contributed by atoms with Gasteiger partial charge in [0.25, 0.3) is 5.91 Å². The molecule has 0 saturated carbocycles. The number of carbonyl (C=O) groups is 3. The zero-order chi connectivity index (χ0) is 25.2. The van der Waals surface area contributed by atoms with Crippen LogP contribution in [-0.2, 0) is 22.7 Å². The molecule has 9 heteroatoms. The summed E-state index contributed by atoms with van der Waals surface area (Å²) in [4.78, 5) is 47.3. The lowest BCUT2D eigenvalue weighted by Crippen LogP contribution is -2.55. The fourth-order valence-corrected chi connectivity index (χ4v) is 5.13. The van der Waals surface area contributed by atoms with Gasteiger partial charge in [-0.05, 0) is 36.0 Å². The van der Waals surface area contributed by atoms with Crippen molar-refractivity contribution >= 4 is 17.7 Å². The Morgan fingerprint density at radius 3 is 2.61 bits per heavy atom. The molecular formula is C27H29N5O4.